The topological polar surface area (TPSA) is 88.0 Å². The molecule has 0 saturated heterocycles. The van der Waals surface area contributed by atoms with Gasteiger partial charge in [0.2, 0.25) is 0 Å². The van der Waals surface area contributed by atoms with Crippen LogP contribution in [0.15, 0.2) is 60.8 Å². The molecule has 0 aliphatic rings. The molecular formula is C22H22F3N5O2. The highest BCUT2D eigenvalue weighted by atomic mass is 19.4. The third-order valence-corrected chi connectivity index (χ3v) is 4.36. The average molecular weight is 445 g/mol. The fourth-order valence-electron chi connectivity index (χ4n) is 2.80. The third-order valence-electron chi connectivity index (χ3n) is 4.36. The summed E-state index contributed by atoms with van der Waals surface area (Å²) in [5.41, 5.74) is 1.24. The van der Waals surface area contributed by atoms with Crippen LogP contribution in [0.5, 0.6) is 0 Å². The van der Waals surface area contributed by atoms with Gasteiger partial charge >= 0.3 is 12.2 Å². The molecule has 0 spiro atoms. The van der Waals surface area contributed by atoms with Crippen LogP contribution in [0.1, 0.15) is 35.5 Å². The molecule has 3 aromatic rings. The highest BCUT2D eigenvalue weighted by Crippen LogP contribution is 2.27. The smallest absolute Gasteiger partial charge is 0.348 e. The SMILES string of the molecule is CC(C)NC(=O)Nc1ccc(CNC(=O)c2ccc(-n3ccc(C(F)(F)F)n3)cc2)cc1. The van der Waals surface area contributed by atoms with Gasteiger partial charge in [-0.1, -0.05) is 12.1 Å². The number of hydrogen-bond acceptors (Lipinski definition) is 3. The van der Waals surface area contributed by atoms with Crippen molar-refractivity contribution in [3.05, 3.63) is 77.6 Å². The van der Waals surface area contributed by atoms with Crippen LogP contribution >= 0.6 is 0 Å². The Morgan fingerprint density at radius 3 is 2.22 bits per heavy atom. The van der Waals surface area contributed by atoms with Gasteiger partial charge in [0.1, 0.15) is 0 Å². The maximum absolute atomic E-state index is 12.7. The fraction of sp³-hybridized carbons (Fsp3) is 0.227. The van der Waals surface area contributed by atoms with E-state index in [4.69, 9.17) is 0 Å². The van der Waals surface area contributed by atoms with E-state index in [0.29, 0.717) is 16.9 Å². The van der Waals surface area contributed by atoms with Gasteiger partial charge in [-0.3, -0.25) is 4.79 Å². The lowest BCUT2D eigenvalue weighted by atomic mass is 10.1. The third kappa shape index (κ3) is 6.10. The highest BCUT2D eigenvalue weighted by Gasteiger charge is 2.33. The van der Waals surface area contributed by atoms with Crippen molar-refractivity contribution >= 4 is 17.6 Å². The number of urea groups is 1. The molecule has 0 bridgehead atoms. The summed E-state index contributed by atoms with van der Waals surface area (Å²) in [4.78, 5) is 24.1. The number of carbonyl (C=O) groups excluding carboxylic acids is 2. The normalized spacial score (nSPS) is 11.3. The van der Waals surface area contributed by atoms with Crippen molar-refractivity contribution < 1.29 is 22.8 Å². The fourth-order valence-corrected chi connectivity index (χ4v) is 2.80. The standard InChI is InChI=1S/C22H22F3N5O2/c1-14(2)27-21(32)28-17-7-3-15(4-8-17)13-26-20(31)16-5-9-18(10-6-16)30-12-11-19(29-30)22(23,24)25/h3-12,14H,13H2,1-2H3,(H,26,31)(H2,27,28,32). The maximum Gasteiger partial charge on any atom is 0.435 e. The summed E-state index contributed by atoms with van der Waals surface area (Å²) < 4.78 is 39.2. The van der Waals surface area contributed by atoms with Gasteiger partial charge in [0.05, 0.1) is 5.69 Å². The summed E-state index contributed by atoms with van der Waals surface area (Å²) in [6.45, 7) is 3.99. The quantitative estimate of drug-likeness (QED) is 0.527. The molecule has 0 aliphatic carbocycles. The molecule has 3 N–H and O–H groups in total. The summed E-state index contributed by atoms with van der Waals surface area (Å²) in [7, 11) is 0. The zero-order valence-electron chi connectivity index (χ0n) is 17.4. The summed E-state index contributed by atoms with van der Waals surface area (Å²) in [5, 5.41) is 11.7. The molecule has 3 amide bonds. The number of hydrogen-bond donors (Lipinski definition) is 3. The van der Waals surface area contributed by atoms with Crippen molar-refractivity contribution in [1.29, 1.82) is 0 Å². The van der Waals surface area contributed by atoms with Gasteiger partial charge in [0.15, 0.2) is 5.69 Å². The summed E-state index contributed by atoms with van der Waals surface area (Å²) in [6, 6.07) is 13.7. The summed E-state index contributed by atoms with van der Waals surface area (Å²) in [6.07, 6.45) is -3.30. The number of nitrogens with zero attached hydrogens (tertiary/aromatic N) is 2. The maximum atomic E-state index is 12.7. The van der Waals surface area contributed by atoms with Gasteiger partial charge in [-0.05, 0) is 61.9 Å². The Morgan fingerprint density at radius 2 is 1.66 bits per heavy atom. The zero-order valence-corrected chi connectivity index (χ0v) is 17.4. The molecule has 168 valence electrons. The Bertz CT molecular complexity index is 1070. The first-order valence-corrected chi connectivity index (χ1v) is 9.80. The second-order valence-corrected chi connectivity index (χ2v) is 7.32. The molecule has 1 aromatic heterocycles. The Balaban J connectivity index is 1.55. The average Bonchev–Trinajstić information content (AvgIpc) is 3.23. The lowest BCUT2D eigenvalue weighted by molar-refractivity contribution is -0.141. The number of halogens is 3. The second-order valence-electron chi connectivity index (χ2n) is 7.32. The van der Waals surface area contributed by atoms with E-state index in [1.54, 1.807) is 24.3 Å². The molecular weight excluding hydrogens is 423 g/mol. The van der Waals surface area contributed by atoms with E-state index >= 15 is 0 Å². The van der Waals surface area contributed by atoms with E-state index in [9.17, 15) is 22.8 Å². The van der Waals surface area contributed by atoms with Crippen LogP contribution in [0.3, 0.4) is 0 Å². The molecule has 0 atom stereocenters. The molecule has 0 aliphatic heterocycles. The van der Waals surface area contributed by atoms with Gasteiger partial charge < -0.3 is 16.0 Å². The van der Waals surface area contributed by atoms with Crippen LogP contribution < -0.4 is 16.0 Å². The van der Waals surface area contributed by atoms with Crippen LogP contribution in [0.25, 0.3) is 5.69 Å². The van der Waals surface area contributed by atoms with E-state index in [2.05, 4.69) is 21.0 Å². The van der Waals surface area contributed by atoms with Crippen LogP contribution in [-0.4, -0.2) is 27.8 Å². The number of carbonyl (C=O) groups is 2. The Kier molecular flexibility index (Phi) is 6.82. The van der Waals surface area contributed by atoms with Crippen LogP contribution in [0, 0.1) is 0 Å². The van der Waals surface area contributed by atoms with Gasteiger partial charge in [-0.2, -0.15) is 18.3 Å². The largest absolute Gasteiger partial charge is 0.435 e. The Morgan fingerprint density at radius 1 is 1.00 bits per heavy atom. The first-order chi connectivity index (χ1) is 15.1. The van der Waals surface area contributed by atoms with Crippen molar-refractivity contribution in [1.82, 2.24) is 20.4 Å². The first-order valence-electron chi connectivity index (χ1n) is 9.80. The number of rotatable bonds is 6. The summed E-state index contributed by atoms with van der Waals surface area (Å²) >= 11 is 0. The number of aromatic nitrogens is 2. The number of nitrogens with one attached hydrogen (secondary N) is 3. The molecule has 0 radical (unpaired) electrons. The van der Waals surface area contributed by atoms with Gasteiger partial charge in [0, 0.05) is 30.0 Å². The van der Waals surface area contributed by atoms with Crippen molar-refractivity contribution in [2.75, 3.05) is 5.32 Å². The van der Waals surface area contributed by atoms with E-state index in [-0.39, 0.29) is 24.5 Å². The van der Waals surface area contributed by atoms with Crippen molar-refractivity contribution in [3.8, 4) is 5.69 Å². The van der Waals surface area contributed by atoms with E-state index in [0.717, 1.165) is 16.3 Å². The van der Waals surface area contributed by atoms with E-state index < -0.39 is 11.9 Å². The number of benzene rings is 2. The molecule has 3 rings (SSSR count). The van der Waals surface area contributed by atoms with Crippen LogP contribution in [0.2, 0.25) is 0 Å². The van der Waals surface area contributed by atoms with Crippen LogP contribution in [0.4, 0.5) is 23.7 Å². The van der Waals surface area contributed by atoms with Gasteiger partial charge in [-0.15, -0.1) is 0 Å². The molecule has 0 fully saturated rings. The molecule has 7 nitrogen and oxygen atoms in total. The molecule has 32 heavy (non-hydrogen) atoms. The van der Waals surface area contributed by atoms with E-state index in [1.165, 1.54) is 30.5 Å². The Hall–Kier alpha value is -3.82. The summed E-state index contributed by atoms with van der Waals surface area (Å²) in [5.74, 6) is -0.327. The minimum atomic E-state index is -4.51. The molecule has 10 heteroatoms. The lowest BCUT2D eigenvalue weighted by Crippen LogP contribution is -2.34. The number of anilines is 1. The zero-order chi connectivity index (χ0) is 23.3. The predicted octanol–water partition coefficient (Wildman–Crippen LogP) is 4.35. The molecule has 1 heterocycles. The molecule has 0 saturated carbocycles. The highest BCUT2D eigenvalue weighted by molar-refractivity contribution is 5.94. The first kappa shape index (κ1) is 22.9. The Labute approximate surface area is 182 Å². The van der Waals surface area contributed by atoms with Crippen LogP contribution in [-0.2, 0) is 12.7 Å². The van der Waals surface area contributed by atoms with Gasteiger partial charge in [0.25, 0.3) is 5.91 Å². The lowest BCUT2D eigenvalue weighted by Gasteiger charge is -2.11. The molecule has 2 aromatic carbocycles. The minimum absolute atomic E-state index is 0.0236. The minimum Gasteiger partial charge on any atom is -0.348 e. The molecule has 0 unspecified atom stereocenters. The predicted molar refractivity (Wildman–Crippen MR) is 113 cm³/mol. The van der Waals surface area contributed by atoms with Crippen molar-refractivity contribution in [3.63, 3.8) is 0 Å². The van der Waals surface area contributed by atoms with Crippen molar-refractivity contribution in [2.24, 2.45) is 0 Å². The second kappa shape index (κ2) is 9.54. The van der Waals surface area contributed by atoms with Gasteiger partial charge in [-0.25, -0.2) is 9.48 Å². The number of amides is 3. The van der Waals surface area contributed by atoms with E-state index in [1.807, 2.05) is 13.8 Å². The monoisotopic (exact) mass is 445 g/mol. The number of alkyl halides is 3. The van der Waals surface area contributed by atoms with Crippen molar-refractivity contribution in [2.45, 2.75) is 32.6 Å².